The van der Waals surface area contributed by atoms with Crippen LogP contribution in [0.4, 0.5) is 10.1 Å². The Labute approximate surface area is 165 Å². The van der Waals surface area contributed by atoms with Crippen molar-refractivity contribution in [3.63, 3.8) is 0 Å². The van der Waals surface area contributed by atoms with Gasteiger partial charge < -0.3 is 24.3 Å². The van der Waals surface area contributed by atoms with E-state index in [9.17, 15) is 18.8 Å². The van der Waals surface area contributed by atoms with Crippen molar-refractivity contribution in [1.82, 2.24) is 0 Å². The van der Waals surface area contributed by atoms with Crippen molar-refractivity contribution in [2.24, 2.45) is 0 Å². The lowest BCUT2D eigenvalue weighted by molar-refractivity contribution is -0.114. The first-order valence-corrected chi connectivity index (χ1v) is 8.64. The molecule has 2 aromatic rings. The number of methoxy groups -OCH3 is 1. The van der Waals surface area contributed by atoms with Gasteiger partial charge in [-0.3, -0.25) is 9.59 Å². The van der Waals surface area contributed by atoms with Gasteiger partial charge in [0.15, 0.2) is 18.1 Å². The molecule has 9 heteroatoms. The number of rotatable bonds is 6. The van der Waals surface area contributed by atoms with Gasteiger partial charge in [-0.2, -0.15) is 0 Å². The standard InChI is InChI=1S/C20H18FNO7/c1-11(23)22-13-3-4-14(15(21)9-13)16(24)10-29-20(25)12-7-17(26-2)19-18(8-12)27-5-6-28-19/h3-4,7-9H,5-6,10H2,1-2H3,(H,22,23). The van der Waals surface area contributed by atoms with E-state index in [0.717, 1.165) is 6.07 Å². The molecule has 0 fully saturated rings. The first-order chi connectivity index (χ1) is 13.9. The molecule has 0 atom stereocenters. The average molecular weight is 403 g/mol. The number of hydrogen-bond donors (Lipinski definition) is 1. The lowest BCUT2D eigenvalue weighted by Gasteiger charge is -2.21. The molecule has 1 heterocycles. The Bertz CT molecular complexity index is 956. The molecule has 1 amide bonds. The largest absolute Gasteiger partial charge is 0.493 e. The van der Waals surface area contributed by atoms with Gasteiger partial charge in [-0.25, -0.2) is 9.18 Å². The van der Waals surface area contributed by atoms with E-state index < -0.39 is 24.2 Å². The van der Waals surface area contributed by atoms with Crippen LogP contribution in [0.5, 0.6) is 17.2 Å². The highest BCUT2D eigenvalue weighted by Crippen LogP contribution is 2.40. The number of carbonyl (C=O) groups is 3. The summed E-state index contributed by atoms with van der Waals surface area (Å²) in [6.45, 7) is 1.30. The normalized spacial score (nSPS) is 12.1. The number of nitrogens with one attached hydrogen (secondary N) is 1. The van der Waals surface area contributed by atoms with Crippen molar-refractivity contribution in [2.75, 3.05) is 32.2 Å². The molecule has 8 nitrogen and oxygen atoms in total. The fraction of sp³-hybridized carbons (Fsp3) is 0.250. The predicted octanol–water partition coefficient (Wildman–Crippen LogP) is 2.60. The van der Waals surface area contributed by atoms with Crippen molar-refractivity contribution in [3.8, 4) is 17.2 Å². The number of carbonyl (C=O) groups excluding carboxylic acids is 3. The first kappa shape index (κ1) is 20.1. The minimum Gasteiger partial charge on any atom is -0.493 e. The molecule has 0 aromatic heterocycles. The van der Waals surface area contributed by atoms with Crippen molar-refractivity contribution in [1.29, 1.82) is 0 Å². The van der Waals surface area contributed by atoms with Crippen molar-refractivity contribution >= 4 is 23.3 Å². The molecular weight excluding hydrogens is 385 g/mol. The Morgan fingerprint density at radius 2 is 1.90 bits per heavy atom. The SMILES string of the molecule is COc1cc(C(=O)OCC(=O)c2ccc(NC(C)=O)cc2F)cc2c1OCCO2. The average Bonchev–Trinajstić information content (AvgIpc) is 2.70. The first-order valence-electron chi connectivity index (χ1n) is 8.64. The third kappa shape index (κ3) is 4.63. The number of Topliss-reactive ketones (excluding diaryl/α,β-unsaturated/α-hetero) is 1. The summed E-state index contributed by atoms with van der Waals surface area (Å²) in [6, 6.07) is 6.44. The number of halogens is 1. The van der Waals surface area contributed by atoms with Gasteiger partial charge in [0.05, 0.1) is 18.2 Å². The topological polar surface area (TPSA) is 100 Å². The molecule has 0 unspecified atom stereocenters. The highest BCUT2D eigenvalue weighted by molar-refractivity contribution is 6.00. The number of ketones is 1. The van der Waals surface area contributed by atoms with Crippen LogP contribution in [-0.2, 0) is 9.53 Å². The Morgan fingerprint density at radius 3 is 2.59 bits per heavy atom. The van der Waals surface area contributed by atoms with E-state index >= 15 is 0 Å². The maximum atomic E-state index is 14.1. The monoisotopic (exact) mass is 403 g/mol. The second kappa shape index (κ2) is 8.59. The van der Waals surface area contributed by atoms with Crippen LogP contribution < -0.4 is 19.5 Å². The molecule has 2 aromatic carbocycles. The minimum atomic E-state index is -0.835. The van der Waals surface area contributed by atoms with E-state index in [-0.39, 0.29) is 22.7 Å². The summed E-state index contributed by atoms with van der Waals surface area (Å²) in [5.41, 5.74) is 0.0546. The number of fused-ring (bicyclic) bond motifs is 1. The van der Waals surface area contributed by atoms with Gasteiger partial charge in [-0.15, -0.1) is 0 Å². The molecule has 0 saturated heterocycles. The summed E-state index contributed by atoms with van der Waals surface area (Å²) < 4.78 is 35.2. The van der Waals surface area contributed by atoms with E-state index in [1.807, 2.05) is 0 Å². The minimum absolute atomic E-state index is 0.0976. The fourth-order valence-electron chi connectivity index (χ4n) is 2.71. The number of anilines is 1. The maximum absolute atomic E-state index is 14.1. The van der Waals surface area contributed by atoms with Crippen LogP contribution in [-0.4, -0.2) is 44.6 Å². The summed E-state index contributed by atoms with van der Waals surface area (Å²) in [5, 5.41) is 2.41. The van der Waals surface area contributed by atoms with Gasteiger partial charge in [0, 0.05) is 12.6 Å². The second-order valence-electron chi connectivity index (χ2n) is 6.08. The summed E-state index contributed by atoms with van der Waals surface area (Å²) in [6.07, 6.45) is 0. The highest BCUT2D eigenvalue weighted by atomic mass is 19.1. The van der Waals surface area contributed by atoms with Crippen molar-refractivity contribution < 1.29 is 37.7 Å². The lowest BCUT2D eigenvalue weighted by Crippen LogP contribution is -2.18. The number of benzene rings is 2. The van der Waals surface area contributed by atoms with Crippen LogP contribution in [0.15, 0.2) is 30.3 Å². The fourth-order valence-corrected chi connectivity index (χ4v) is 2.71. The van der Waals surface area contributed by atoms with Crippen LogP contribution in [0.3, 0.4) is 0 Å². The third-order valence-corrected chi connectivity index (χ3v) is 3.99. The van der Waals surface area contributed by atoms with Gasteiger partial charge in [0.2, 0.25) is 17.4 Å². The smallest absolute Gasteiger partial charge is 0.338 e. The quantitative estimate of drug-likeness (QED) is 0.585. The maximum Gasteiger partial charge on any atom is 0.338 e. The van der Waals surface area contributed by atoms with E-state index in [4.69, 9.17) is 18.9 Å². The lowest BCUT2D eigenvalue weighted by atomic mass is 10.1. The van der Waals surface area contributed by atoms with Crippen molar-refractivity contribution in [2.45, 2.75) is 6.92 Å². The summed E-state index contributed by atoms with van der Waals surface area (Å²) >= 11 is 0. The van der Waals surface area contributed by atoms with Crippen LogP contribution in [0.1, 0.15) is 27.6 Å². The molecule has 0 radical (unpaired) electrons. The Balaban J connectivity index is 1.69. The van der Waals surface area contributed by atoms with Gasteiger partial charge >= 0.3 is 5.97 Å². The molecule has 1 N–H and O–H groups in total. The summed E-state index contributed by atoms with van der Waals surface area (Å²) in [7, 11) is 1.42. The summed E-state index contributed by atoms with van der Waals surface area (Å²) in [5.74, 6) is -1.73. The van der Waals surface area contributed by atoms with Crippen LogP contribution in [0.2, 0.25) is 0 Å². The molecule has 0 saturated carbocycles. The zero-order chi connectivity index (χ0) is 21.0. The second-order valence-corrected chi connectivity index (χ2v) is 6.08. The molecule has 0 aliphatic carbocycles. The third-order valence-electron chi connectivity index (χ3n) is 3.99. The van der Waals surface area contributed by atoms with Gasteiger partial charge in [-0.1, -0.05) is 0 Å². The Morgan fingerprint density at radius 1 is 1.14 bits per heavy atom. The number of hydrogen-bond acceptors (Lipinski definition) is 7. The molecule has 0 bridgehead atoms. The van der Waals surface area contributed by atoms with Crippen LogP contribution in [0, 0.1) is 5.82 Å². The van der Waals surface area contributed by atoms with Gasteiger partial charge in [0.25, 0.3) is 0 Å². The van der Waals surface area contributed by atoms with E-state index in [1.165, 1.54) is 38.3 Å². The van der Waals surface area contributed by atoms with Crippen LogP contribution in [0.25, 0.3) is 0 Å². The van der Waals surface area contributed by atoms with Crippen molar-refractivity contribution in [3.05, 3.63) is 47.3 Å². The highest BCUT2D eigenvalue weighted by Gasteiger charge is 2.22. The molecule has 0 spiro atoms. The molecule has 152 valence electrons. The predicted molar refractivity (Wildman–Crippen MR) is 99.3 cm³/mol. The molecule has 3 rings (SSSR count). The van der Waals surface area contributed by atoms with Gasteiger partial charge in [-0.05, 0) is 30.3 Å². The van der Waals surface area contributed by atoms with Crippen LogP contribution >= 0.6 is 0 Å². The number of ether oxygens (including phenoxy) is 4. The Kier molecular flexibility index (Phi) is 5.96. The number of esters is 1. The zero-order valence-corrected chi connectivity index (χ0v) is 15.7. The van der Waals surface area contributed by atoms with E-state index in [2.05, 4.69) is 5.32 Å². The van der Waals surface area contributed by atoms with E-state index in [1.54, 1.807) is 0 Å². The number of amides is 1. The van der Waals surface area contributed by atoms with Gasteiger partial charge in [0.1, 0.15) is 19.0 Å². The zero-order valence-electron chi connectivity index (χ0n) is 15.7. The Hall–Kier alpha value is -3.62. The summed E-state index contributed by atoms with van der Waals surface area (Å²) in [4.78, 5) is 35.6. The molecular formula is C20H18FNO7. The molecule has 1 aliphatic heterocycles. The molecule has 1 aliphatic rings. The molecule has 29 heavy (non-hydrogen) atoms. The van der Waals surface area contributed by atoms with E-state index in [0.29, 0.717) is 30.5 Å².